The highest BCUT2D eigenvalue weighted by Crippen LogP contribution is 2.34. The number of aliphatic hydroxyl groups is 1. The molecule has 0 aromatic carbocycles. The summed E-state index contributed by atoms with van der Waals surface area (Å²) in [6.45, 7) is 1.44. The van der Waals surface area contributed by atoms with Gasteiger partial charge in [0, 0.05) is 42.7 Å². The number of nitrogens with zero attached hydrogens (tertiary/aromatic N) is 3. The fraction of sp³-hybridized carbons (Fsp3) is 0.476. The van der Waals surface area contributed by atoms with Gasteiger partial charge in [0.2, 0.25) is 5.91 Å². The number of hydrogen-bond donors (Lipinski definition) is 4. The second-order valence-electron chi connectivity index (χ2n) is 8.19. The Labute approximate surface area is 185 Å². The van der Waals surface area contributed by atoms with Gasteiger partial charge in [0.05, 0.1) is 11.2 Å². The molecule has 1 amide bonds. The summed E-state index contributed by atoms with van der Waals surface area (Å²) < 4.78 is 14.5. The molecule has 4 rings (SSSR count). The number of allylic oxidation sites excluding steroid dienone is 2. The highest BCUT2D eigenvalue weighted by atomic mass is 35.5. The molecule has 3 heterocycles. The van der Waals surface area contributed by atoms with Crippen molar-refractivity contribution in [3.8, 4) is 0 Å². The minimum absolute atomic E-state index is 0.0499. The first-order chi connectivity index (χ1) is 14.8. The summed E-state index contributed by atoms with van der Waals surface area (Å²) in [6.07, 6.45) is 8.70. The van der Waals surface area contributed by atoms with E-state index in [1.165, 1.54) is 13.1 Å². The van der Waals surface area contributed by atoms with E-state index >= 15 is 0 Å². The average Bonchev–Trinajstić information content (AvgIpc) is 3.14. The molecule has 0 saturated heterocycles. The molecule has 1 aliphatic carbocycles. The maximum atomic E-state index is 14.5. The molecule has 1 fully saturated rings. The summed E-state index contributed by atoms with van der Waals surface area (Å²) in [6, 6.07) is -0.122. The minimum atomic E-state index is -1.05. The van der Waals surface area contributed by atoms with Gasteiger partial charge in [-0.2, -0.15) is 0 Å². The third-order valence-electron chi connectivity index (χ3n) is 5.74. The van der Waals surface area contributed by atoms with Crippen LogP contribution in [0.25, 0.3) is 5.57 Å². The molecule has 0 bridgehead atoms. The fourth-order valence-corrected chi connectivity index (χ4v) is 4.46. The number of nitrogens with one attached hydrogen (secondary N) is 3. The highest BCUT2D eigenvalue weighted by molar-refractivity contribution is 6.31. The van der Waals surface area contributed by atoms with E-state index in [-0.39, 0.29) is 24.1 Å². The number of carbonyl (C=O) groups excluding carboxylic acids is 1. The lowest BCUT2D eigenvalue weighted by Crippen LogP contribution is -2.45. The second kappa shape index (κ2) is 8.84. The molecule has 1 aromatic rings. The lowest BCUT2D eigenvalue weighted by Gasteiger charge is -2.31. The summed E-state index contributed by atoms with van der Waals surface area (Å²) in [5.41, 5.74) is 1.68. The molecule has 8 nitrogen and oxygen atoms in total. The van der Waals surface area contributed by atoms with Crippen molar-refractivity contribution in [1.29, 1.82) is 0 Å². The minimum Gasteiger partial charge on any atom is -0.384 e. The molecule has 0 radical (unpaired) electrons. The average molecular weight is 449 g/mol. The van der Waals surface area contributed by atoms with Crippen LogP contribution in [0, 0.1) is 5.82 Å². The number of likely N-dealkylation sites (N-methyl/N-ethyl adjacent to an activating group) is 1. The number of rotatable bonds is 5. The molecule has 3 aliphatic rings. The Hall–Kier alpha value is -2.65. The van der Waals surface area contributed by atoms with Gasteiger partial charge in [-0.25, -0.2) is 14.4 Å². The quantitative estimate of drug-likeness (QED) is 0.546. The van der Waals surface area contributed by atoms with Crippen molar-refractivity contribution in [1.82, 2.24) is 25.5 Å². The van der Waals surface area contributed by atoms with E-state index in [0.717, 1.165) is 30.4 Å². The molecule has 1 saturated carbocycles. The Balaban J connectivity index is 1.49. The van der Waals surface area contributed by atoms with Crippen molar-refractivity contribution in [2.75, 3.05) is 12.4 Å². The number of carbonyl (C=O) groups is 1. The Bertz CT molecular complexity index is 963. The zero-order valence-electron chi connectivity index (χ0n) is 17.4. The second-order valence-corrected chi connectivity index (χ2v) is 8.62. The summed E-state index contributed by atoms with van der Waals surface area (Å²) in [5, 5.41) is 19.3. The van der Waals surface area contributed by atoms with E-state index in [9.17, 15) is 14.3 Å². The number of anilines is 1. The molecule has 31 heavy (non-hydrogen) atoms. The van der Waals surface area contributed by atoms with Gasteiger partial charge in [-0.1, -0.05) is 11.6 Å². The van der Waals surface area contributed by atoms with Crippen LogP contribution in [0.1, 0.15) is 38.4 Å². The highest BCUT2D eigenvalue weighted by Gasteiger charge is 2.31. The fourth-order valence-electron chi connectivity index (χ4n) is 4.19. The number of fused-ring (bicyclic) bond motifs is 1. The molecule has 0 spiro atoms. The van der Waals surface area contributed by atoms with Gasteiger partial charge in [-0.3, -0.25) is 4.79 Å². The van der Waals surface area contributed by atoms with Crippen LogP contribution in [0.5, 0.6) is 0 Å². The Morgan fingerprint density at radius 2 is 2.19 bits per heavy atom. The molecule has 166 valence electrons. The zero-order chi connectivity index (χ0) is 22.1. The first-order valence-electron chi connectivity index (χ1n) is 10.4. The number of aromatic nitrogens is 2. The zero-order valence-corrected chi connectivity index (χ0v) is 18.2. The largest absolute Gasteiger partial charge is 0.384 e. The smallest absolute Gasteiger partial charge is 0.248 e. The lowest BCUT2D eigenvalue weighted by molar-refractivity contribution is -0.129. The van der Waals surface area contributed by atoms with E-state index in [2.05, 4.69) is 25.9 Å². The van der Waals surface area contributed by atoms with Crippen LogP contribution in [-0.2, 0) is 4.79 Å². The van der Waals surface area contributed by atoms with Gasteiger partial charge in [0.25, 0.3) is 0 Å². The van der Waals surface area contributed by atoms with Gasteiger partial charge >= 0.3 is 0 Å². The van der Waals surface area contributed by atoms with Gasteiger partial charge in [0.15, 0.2) is 17.5 Å². The van der Waals surface area contributed by atoms with E-state index < -0.39 is 17.8 Å². The molecule has 2 unspecified atom stereocenters. The van der Waals surface area contributed by atoms with Gasteiger partial charge in [-0.05, 0) is 38.7 Å². The van der Waals surface area contributed by atoms with Crippen LogP contribution in [0.4, 0.5) is 10.2 Å². The van der Waals surface area contributed by atoms with E-state index in [0.29, 0.717) is 17.3 Å². The van der Waals surface area contributed by atoms with Crippen LogP contribution >= 0.6 is 11.6 Å². The standard InChI is InChI=1S/C21H26ClFN6O2/c1-11(30)21(31)27-14-5-3-4-13(7-14)26-19-17(23)9-24-18(28-19)16-8-25-20-15(16)6-12(22)10-29(20)2/h6,8-11,13-14,20,25,30H,3-5,7H2,1-2H3,(H,27,31)(H,24,26,28)/t11?,13-,14+,20?/m0/s1. The van der Waals surface area contributed by atoms with Crippen molar-refractivity contribution < 1.29 is 14.3 Å². The Morgan fingerprint density at radius 3 is 2.97 bits per heavy atom. The number of amides is 1. The van der Waals surface area contributed by atoms with Crippen LogP contribution in [0.3, 0.4) is 0 Å². The predicted octanol–water partition coefficient (Wildman–Crippen LogP) is 2.06. The van der Waals surface area contributed by atoms with Crippen LogP contribution in [0.15, 0.2) is 35.3 Å². The topological polar surface area (TPSA) is 102 Å². The summed E-state index contributed by atoms with van der Waals surface area (Å²) in [7, 11) is 1.91. The third-order valence-corrected chi connectivity index (χ3v) is 5.95. The van der Waals surface area contributed by atoms with E-state index in [1.54, 1.807) is 0 Å². The molecular formula is C21H26ClFN6O2. The van der Waals surface area contributed by atoms with E-state index in [1.807, 2.05) is 30.4 Å². The van der Waals surface area contributed by atoms with Crippen molar-refractivity contribution in [3.63, 3.8) is 0 Å². The Morgan fingerprint density at radius 1 is 1.42 bits per heavy atom. The van der Waals surface area contributed by atoms with Crippen LogP contribution in [-0.4, -0.2) is 57.3 Å². The monoisotopic (exact) mass is 448 g/mol. The van der Waals surface area contributed by atoms with Gasteiger partial charge < -0.3 is 26.0 Å². The lowest BCUT2D eigenvalue weighted by atomic mass is 9.91. The van der Waals surface area contributed by atoms with Crippen molar-refractivity contribution in [2.45, 2.75) is 57.0 Å². The summed E-state index contributed by atoms with van der Waals surface area (Å²) in [4.78, 5) is 22.4. The maximum absolute atomic E-state index is 14.5. The summed E-state index contributed by atoms with van der Waals surface area (Å²) >= 11 is 6.21. The van der Waals surface area contributed by atoms with Crippen molar-refractivity contribution in [2.24, 2.45) is 0 Å². The van der Waals surface area contributed by atoms with Gasteiger partial charge in [0.1, 0.15) is 12.3 Å². The molecular weight excluding hydrogens is 423 g/mol. The SMILES string of the molecule is CC(O)C(=O)N[C@@H]1CCC[C@H](Nc2nc(C3=CNC4C3=CC(Cl)=CN4C)ncc2F)C1. The van der Waals surface area contributed by atoms with Crippen molar-refractivity contribution in [3.05, 3.63) is 46.9 Å². The molecule has 4 atom stereocenters. The number of halogens is 2. The predicted molar refractivity (Wildman–Crippen MR) is 116 cm³/mol. The summed E-state index contributed by atoms with van der Waals surface area (Å²) in [5.74, 6) is -0.391. The van der Waals surface area contributed by atoms with Crippen LogP contribution in [0.2, 0.25) is 0 Å². The normalized spacial score (nSPS) is 26.2. The molecule has 10 heteroatoms. The molecule has 4 N–H and O–H groups in total. The van der Waals surface area contributed by atoms with Gasteiger partial charge in [-0.15, -0.1) is 0 Å². The number of hydrogen-bond acceptors (Lipinski definition) is 7. The number of aliphatic hydroxyl groups excluding tert-OH is 1. The van der Waals surface area contributed by atoms with E-state index in [4.69, 9.17) is 11.6 Å². The van der Waals surface area contributed by atoms with Crippen LogP contribution < -0.4 is 16.0 Å². The van der Waals surface area contributed by atoms with Crippen molar-refractivity contribution >= 4 is 28.9 Å². The first-order valence-corrected chi connectivity index (χ1v) is 10.7. The Kier molecular flexibility index (Phi) is 6.15. The third kappa shape index (κ3) is 4.67. The molecule has 2 aliphatic heterocycles. The first kappa shape index (κ1) is 21.6. The molecule has 1 aromatic heterocycles. The maximum Gasteiger partial charge on any atom is 0.248 e.